The second-order valence-electron chi connectivity index (χ2n) is 4.16. The monoisotopic (exact) mass is 392 g/mol. The van der Waals surface area contributed by atoms with E-state index in [2.05, 4.69) is 36.5 Å². The van der Waals surface area contributed by atoms with Gasteiger partial charge in [-0.25, -0.2) is 9.37 Å². The second-order valence-corrected chi connectivity index (χ2v) is 5.78. The minimum absolute atomic E-state index is 0.0314. The summed E-state index contributed by atoms with van der Waals surface area (Å²) in [4.78, 5) is 7.94. The molecule has 2 N–H and O–H groups in total. The Balaban J connectivity index is 2.28. The topological polar surface area (TPSA) is 49.8 Å². The van der Waals surface area contributed by atoms with Crippen LogP contribution in [0.25, 0.3) is 0 Å². The highest BCUT2D eigenvalue weighted by Gasteiger charge is 2.12. The van der Waals surface area contributed by atoms with Gasteiger partial charge in [0, 0.05) is 11.0 Å². The van der Waals surface area contributed by atoms with Crippen LogP contribution in [0.5, 0.6) is 0 Å². The smallest absolute Gasteiger partial charge is 0.224 e. The molecule has 0 aliphatic carbocycles. The van der Waals surface area contributed by atoms with Crippen LogP contribution >= 0.6 is 39.1 Å². The first kappa shape index (κ1) is 16.3. The molecular weight excluding hydrogens is 382 g/mol. The summed E-state index contributed by atoms with van der Waals surface area (Å²) in [5, 5.41) is 6.44. The predicted octanol–water partition coefficient (Wildman–Crippen LogP) is 5.25. The number of halogens is 4. The maximum absolute atomic E-state index is 13.8. The van der Waals surface area contributed by atoms with Gasteiger partial charge in [-0.05, 0) is 34.5 Å². The Bertz CT molecular complexity index is 654. The average Bonchev–Trinajstić information content (AvgIpc) is 2.48. The summed E-state index contributed by atoms with van der Waals surface area (Å²) in [6, 6.07) is 3.39. The summed E-state index contributed by atoms with van der Waals surface area (Å²) in [5.41, 5.74) is 0.462. The van der Waals surface area contributed by atoms with Crippen LogP contribution in [0.1, 0.15) is 13.3 Å². The fourth-order valence-electron chi connectivity index (χ4n) is 1.53. The Morgan fingerprint density at radius 1 is 1.29 bits per heavy atom. The van der Waals surface area contributed by atoms with E-state index in [1.54, 1.807) is 12.1 Å². The van der Waals surface area contributed by atoms with Crippen molar-refractivity contribution in [3.8, 4) is 0 Å². The van der Waals surface area contributed by atoms with Crippen molar-refractivity contribution in [2.45, 2.75) is 13.3 Å². The zero-order valence-corrected chi connectivity index (χ0v) is 14.2. The Kier molecular flexibility index (Phi) is 5.61. The van der Waals surface area contributed by atoms with Crippen LogP contribution in [-0.4, -0.2) is 16.5 Å². The highest BCUT2D eigenvalue weighted by molar-refractivity contribution is 9.10. The zero-order valence-electron chi connectivity index (χ0n) is 11.1. The fraction of sp³-hybridized carbons (Fsp3) is 0.231. The maximum Gasteiger partial charge on any atom is 0.224 e. The molecule has 0 unspecified atom stereocenters. The highest BCUT2D eigenvalue weighted by atomic mass is 79.9. The predicted molar refractivity (Wildman–Crippen MR) is 88.2 cm³/mol. The molecule has 0 fully saturated rings. The minimum atomic E-state index is -0.577. The summed E-state index contributed by atoms with van der Waals surface area (Å²) in [7, 11) is 0. The molecule has 21 heavy (non-hydrogen) atoms. The van der Waals surface area contributed by atoms with E-state index in [-0.39, 0.29) is 10.8 Å². The van der Waals surface area contributed by atoms with E-state index in [1.165, 1.54) is 0 Å². The lowest BCUT2D eigenvalue weighted by atomic mass is 10.3. The Labute approximate surface area is 140 Å². The van der Waals surface area contributed by atoms with Crippen LogP contribution < -0.4 is 10.6 Å². The third kappa shape index (κ3) is 3.96. The van der Waals surface area contributed by atoms with Gasteiger partial charge in [-0.3, -0.25) is 0 Å². The second kappa shape index (κ2) is 7.24. The summed E-state index contributed by atoms with van der Waals surface area (Å²) < 4.78 is 14.4. The molecule has 2 rings (SSSR count). The van der Waals surface area contributed by atoms with Crippen molar-refractivity contribution in [2.75, 3.05) is 17.2 Å². The van der Waals surface area contributed by atoms with Gasteiger partial charge in [0.25, 0.3) is 0 Å². The van der Waals surface area contributed by atoms with Gasteiger partial charge in [-0.2, -0.15) is 4.98 Å². The van der Waals surface area contributed by atoms with Crippen molar-refractivity contribution >= 4 is 56.6 Å². The lowest BCUT2D eigenvalue weighted by Gasteiger charge is -2.11. The number of hydrogen-bond donors (Lipinski definition) is 2. The number of nitrogens with one attached hydrogen (secondary N) is 2. The standard InChI is InChI=1S/C13H12BrCl2FN4/c1-2-5-18-13-19-6-8(17)12(21-13)20-9-4-3-7(14)10(15)11(9)16/h3-4,6H,2,5H2,1H3,(H2,18,19,20,21). The average molecular weight is 394 g/mol. The van der Waals surface area contributed by atoms with E-state index >= 15 is 0 Å². The first-order chi connectivity index (χ1) is 10.0. The van der Waals surface area contributed by atoms with Crippen LogP contribution in [0, 0.1) is 5.82 Å². The van der Waals surface area contributed by atoms with Gasteiger partial charge in [0.15, 0.2) is 11.6 Å². The molecule has 0 aliphatic heterocycles. The van der Waals surface area contributed by atoms with E-state index < -0.39 is 5.82 Å². The highest BCUT2D eigenvalue weighted by Crippen LogP contribution is 2.37. The molecule has 0 radical (unpaired) electrons. The molecule has 1 heterocycles. The molecular formula is C13H12BrCl2FN4. The Morgan fingerprint density at radius 3 is 2.76 bits per heavy atom. The van der Waals surface area contributed by atoms with Crippen molar-refractivity contribution in [1.82, 2.24) is 9.97 Å². The summed E-state index contributed by atoms with van der Waals surface area (Å²) >= 11 is 15.4. The van der Waals surface area contributed by atoms with Crippen LogP contribution in [0.3, 0.4) is 0 Å². The summed E-state index contributed by atoms with van der Waals surface area (Å²) in [5.74, 6) is -0.198. The van der Waals surface area contributed by atoms with Gasteiger partial charge in [0.05, 0.1) is 21.9 Å². The number of rotatable bonds is 5. The molecule has 0 amide bonds. The normalized spacial score (nSPS) is 10.5. The zero-order chi connectivity index (χ0) is 15.4. The van der Waals surface area contributed by atoms with Crippen LogP contribution in [0.4, 0.5) is 21.8 Å². The van der Waals surface area contributed by atoms with Gasteiger partial charge in [0.1, 0.15) is 0 Å². The van der Waals surface area contributed by atoms with Gasteiger partial charge in [-0.1, -0.05) is 30.1 Å². The molecule has 4 nitrogen and oxygen atoms in total. The summed E-state index contributed by atoms with van der Waals surface area (Å²) in [6.45, 7) is 2.72. The van der Waals surface area contributed by atoms with Crippen molar-refractivity contribution in [1.29, 1.82) is 0 Å². The molecule has 0 saturated carbocycles. The van der Waals surface area contributed by atoms with Crippen LogP contribution in [-0.2, 0) is 0 Å². The van der Waals surface area contributed by atoms with Gasteiger partial charge < -0.3 is 10.6 Å². The molecule has 1 aromatic carbocycles. The molecule has 112 valence electrons. The summed E-state index contributed by atoms with van der Waals surface area (Å²) in [6.07, 6.45) is 2.01. The molecule has 0 atom stereocenters. The number of nitrogens with zero attached hydrogens (tertiary/aromatic N) is 2. The first-order valence-electron chi connectivity index (χ1n) is 6.19. The Hall–Kier alpha value is -1.11. The number of hydrogen-bond acceptors (Lipinski definition) is 4. The number of anilines is 3. The lowest BCUT2D eigenvalue weighted by molar-refractivity contribution is 0.619. The molecule has 0 aliphatic rings. The molecule has 0 saturated heterocycles. The third-order valence-corrected chi connectivity index (χ3v) is 4.34. The number of aromatic nitrogens is 2. The molecule has 8 heteroatoms. The number of benzene rings is 1. The largest absolute Gasteiger partial charge is 0.354 e. The van der Waals surface area contributed by atoms with E-state index in [4.69, 9.17) is 23.2 Å². The maximum atomic E-state index is 13.8. The third-order valence-electron chi connectivity index (χ3n) is 2.57. The van der Waals surface area contributed by atoms with E-state index in [9.17, 15) is 4.39 Å². The van der Waals surface area contributed by atoms with Crippen molar-refractivity contribution in [3.05, 3.63) is 38.7 Å². The van der Waals surface area contributed by atoms with Crippen LogP contribution in [0.2, 0.25) is 10.0 Å². The first-order valence-corrected chi connectivity index (χ1v) is 7.74. The lowest BCUT2D eigenvalue weighted by Crippen LogP contribution is -2.07. The van der Waals surface area contributed by atoms with E-state index in [0.29, 0.717) is 27.7 Å². The van der Waals surface area contributed by atoms with Gasteiger partial charge in [-0.15, -0.1) is 0 Å². The van der Waals surface area contributed by atoms with E-state index in [1.807, 2.05) is 6.92 Å². The molecule has 1 aromatic heterocycles. The van der Waals surface area contributed by atoms with Crippen LogP contribution in [0.15, 0.2) is 22.8 Å². The quantitative estimate of drug-likeness (QED) is 0.681. The van der Waals surface area contributed by atoms with Gasteiger partial charge in [0.2, 0.25) is 5.95 Å². The minimum Gasteiger partial charge on any atom is -0.354 e. The van der Waals surface area contributed by atoms with Crippen molar-refractivity contribution in [3.63, 3.8) is 0 Å². The van der Waals surface area contributed by atoms with Crippen molar-refractivity contribution in [2.24, 2.45) is 0 Å². The van der Waals surface area contributed by atoms with Crippen molar-refractivity contribution < 1.29 is 4.39 Å². The van der Waals surface area contributed by atoms with Gasteiger partial charge >= 0.3 is 0 Å². The molecule has 2 aromatic rings. The molecule has 0 bridgehead atoms. The fourth-order valence-corrected chi connectivity index (χ4v) is 2.35. The van der Waals surface area contributed by atoms with E-state index in [0.717, 1.165) is 12.6 Å². The molecule has 0 spiro atoms. The Morgan fingerprint density at radius 2 is 2.05 bits per heavy atom. The SMILES string of the molecule is CCCNc1ncc(F)c(Nc2ccc(Br)c(Cl)c2Cl)n1.